The fraction of sp³-hybridized carbons (Fsp3) is 0.524. The van der Waals surface area contributed by atoms with Crippen LogP contribution in [0.3, 0.4) is 0 Å². The Morgan fingerprint density at radius 1 is 1.39 bits per heavy atom. The molecule has 1 saturated heterocycles. The van der Waals surface area contributed by atoms with Gasteiger partial charge in [0.15, 0.2) is 6.61 Å². The number of benzene rings is 1. The number of aryl methyl sites for hydroxylation is 1. The van der Waals surface area contributed by atoms with Gasteiger partial charge < -0.3 is 15.0 Å². The van der Waals surface area contributed by atoms with E-state index >= 15 is 0 Å². The molecule has 2 atom stereocenters. The molecule has 1 aromatic rings. The van der Waals surface area contributed by atoms with E-state index in [1.807, 2.05) is 45.0 Å². The number of nitriles is 1. The van der Waals surface area contributed by atoms with E-state index in [1.165, 1.54) is 0 Å². The number of hydrogen-bond acceptors (Lipinski definition) is 5. The fourth-order valence-corrected chi connectivity index (χ4v) is 3.05. The van der Waals surface area contributed by atoms with Gasteiger partial charge in [-0.25, -0.2) is 0 Å². The van der Waals surface area contributed by atoms with E-state index < -0.39 is 29.9 Å². The molecular formula is C21H27N3O4. The summed E-state index contributed by atoms with van der Waals surface area (Å²) in [5, 5.41) is 11.8. The zero-order chi connectivity index (χ0) is 20.9. The van der Waals surface area contributed by atoms with Crippen molar-refractivity contribution in [2.24, 2.45) is 11.8 Å². The summed E-state index contributed by atoms with van der Waals surface area (Å²) in [6.07, 6.45) is 0.836. The first-order valence-corrected chi connectivity index (χ1v) is 9.49. The predicted octanol–water partition coefficient (Wildman–Crippen LogP) is 2.20. The summed E-state index contributed by atoms with van der Waals surface area (Å²) in [6, 6.07) is 9.67. The Morgan fingerprint density at radius 3 is 2.68 bits per heavy atom. The Kier molecular flexibility index (Phi) is 6.79. The molecule has 150 valence electrons. The van der Waals surface area contributed by atoms with Gasteiger partial charge in [-0.1, -0.05) is 39.0 Å². The molecule has 0 aliphatic carbocycles. The van der Waals surface area contributed by atoms with Crippen molar-refractivity contribution < 1.29 is 19.1 Å². The number of hydrogen-bond donors (Lipinski definition) is 1. The summed E-state index contributed by atoms with van der Waals surface area (Å²) < 4.78 is 5.11. The molecule has 0 saturated carbocycles. The molecule has 1 aromatic carbocycles. The van der Waals surface area contributed by atoms with Crippen LogP contribution in [0.1, 0.15) is 39.7 Å². The van der Waals surface area contributed by atoms with Crippen LogP contribution in [-0.4, -0.2) is 36.5 Å². The second-order valence-corrected chi connectivity index (χ2v) is 7.51. The molecule has 0 bridgehead atoms. The third-order valence-corrected chi connectivity index (χ3v) is 5.25. The minimum absolute atomic E-state index is 0.0560. The molecule has 2 rings (SSSR count). The number of ether oxygens (including phenoxy) is 1. The minimum atomic E-state index is -1.03. The van der Waals surface area contributed by atoms with E-state index in [0.29, 0.717) is 0 Å². The smallest absolute Gasteiger partial charge is 0.311 e. The SMILES string of the molecule is CCc1ccccc1N1C[C@@H](C(=O)OCC(=O)N[C@](C)(C#N)C(C)C)CC1=O. The van der Waals surface area contributed by atoms with Crippen LogP contribution in [0.25, 0.3) is 0 Å². The first-order chi connectivity index (χ1) is 13.2. The summed E-state index contributed by atoms with van der Waals surface area (Å²) in [5.74, 6) is -1.97. The van der Waals surface area contributed by atoms with E-state index in [-0.39, 0.29) is 24.8 Å². The summed E-state index contributed by atoms with van der Waals surface area (Å²) in [4.78, 5) is 38.4. The van der Waals surface area contributed by atoms with Crippen LogP contribution in [0.15, 0.2) is 24.3 Å². The molecule has 2 amide bonds. The van der Waals surface area contributed by atoms with Gasteiger partial charge in [0.1, 0.15) is 5.54 Å². The highest BCUT2D eigenvalue weighted by Gasteiger charge is 2.37. The standard InChI is InChI=1S/C21H27N3O4/c1-5-15-8-6-7-9-17(15)24-11-16(10-19(24)26)20(27)28-12-18(25)23-21(4,13-22)14(2)3/h6-9,14,16H,5,10-12H2,1-4H3,(H,23,25)/t16-,21+/m0/s1. The van der Waals surface area contributed by atoms with Gasteiger partial charge in [-0.15, -0.1) is 0 Å². The molecular weight excluding hydrogens is 358 g/mol. The van der Waals surface area contributed by atoms with Gasteiger partial charge in [-0.3, -0.25) is 14.4 Å². The maximum atomic E-state index is 12.4. The number of rotatable bonds is 7. The molecule has 0 aromatic heterocycles. The van der Waals surface area contributed by atoms with Gasteiger partial charge in [0.25, 0.3) is 5.91 Å². The average molecular weight is 385 g/mol. The Morgan fingerprint density at radius 2 is 2.07 bits per heavy atom. The highest BCUT2D eigenvalue weighted by Crippen LogP contribution is 2.29. The van der Waals surface area contributed by atoms with Crippen LogP contribution in [0.5, 0.6) is 0 Å². The number of nitrogens with one attached hydrogen (secondary N) is 1. The predicted molar refractivity (Wildman–Crippen MR) is 104 cm³/mol. The molecule has 28 heavy (non-hydrogen) atoms. The largest absolute Gasteiger partial charge is 0.455 e. The Hall–Kier alpha value is -2.88. The van der Waals surface area contributed by atoms with Crippen LogP contribution in [0, 0.1) is 23.2 Å². The summed E-state index contributed by atoms with van der Waals surface area (Å²) in [5.41, 5.74) is 0.812. The maximum absolute atomic E-state index is 12.4. The van der Waals surface area contributed by atoms with E-state index in [0.717, 1.165) is 17.7 Å². The lowest BCUT2D eigenvalue weighted by atomic mass is 9.90. The van der Waals surface area contributed by atoms with Crippen LogP contribution in [-0.2, 0) is 25.5 Å². The molecule has 7 nitrogen and oxygen atoms in total. The van der Waals surface area contributed by atoms with Crippen molar-refractivity contribution in [2.45, 2.75) is 46.1 Å². The van der Waals surface area contributed by atoms with Crippen molar-refractivity contribution in [1.29, 1.82) is 5.26 Å². The van der Waals surface area contributed by atoms with Crippen molar-refractivity contribution in [2.75, 3.05) is 18.1 Å². The Bertz CT molecular complexity index is 799. The van der Waals surface area contributed by atoms with Crippen LogP contribution < -0.4 is 10.2 Å². The zero-order valence-corrected chi connectivity index (χ0v) is 16.8. The van der Waals surface area contributed by atoms with E-state index in [1.54, 1.807) is 11.8 Å². The van der Waals surface area contributed by atoms with E-state index in [4.69, 9.17) is 4.74 Å². The van der Waals surface area contributed by atoms with Gasteiger partial charge in [-0.2, -0.15) is 5.26 Å². The van der Waals surface area contributed by atoms with Crippen LogP contribution >= 0.6 is 0 Å². The lowest BCUT2D eigenvalue weighted by Crippen LogP contribution is -2.50. The topological polar surface area (TPSA) is 99.5 Å². The number of carbonyl (C=O) groups is 3. The molecule has 7 heteroatoms. The first-order valence-electron chi connectivity index (χ1n) is 9.49. The molecule has 1 aliphatic heterocycles. The monoisotopic (exact) mass is 385 g/mol. The average Bonchev–Trinajstić information content (AvgIpc) is 3.07. The van der Waals surface area contributed by atoms with Gasteiger partial charge in [0, 0.05) is 18.7 Å². The van der Waals surface area contributed by atoms with E-state index in [9.17, 15) is 19.6 Å². The first kappa shape index (κ1) is 21.4. The summed E-state index contributed by atoms with van der Waals surface area (Å²) in [6.45, 7) is 7.04. The van der Waals surface area contributed by atoms with Gasteiger partial charge in [0.2, 0.25) is 5.91 Å². The number of anilines is 1. The van der Waals surface area contributed by atoms with Crippen molar-refractivity contribution in [3.05, 3.63) is 29.8 Å². The van der Waals surface area contributed by atoms with Crippen molar-refractivity contribution in [1.82, 2.24) is 5.32 Å². The number of esters is 1. The van der Waals surface area contributed by atoms with Crippen molar-refractivity contribution >= 4 is 23.5 Å². The summed E-state index contributed by atoms with van der Waals surface area (Å²) in [7, 11) is 0. The molecule has 1 N–H and O–H groups in total. The number of amides is 2. The van der Waals surface area contributed by atoms with Gasteiger partial charge >= 0.3 is 5.97 Å². The molecule has 1 fully saturated rings. The fourth-order valence-electron chi connectivity index (χ4n) is 3.05. The van der Waals surface area contributed by atoms with Crippen molar-refractivity contribution in [3.63, 3.8) is 0 Å². The highest BCUT2D eigenvalue weighted by molar-refractivity contribution is 6.00. The van der Waals surface area contributed by atoms with Crippen LogP contribution in [0.4, 0.5) is 5.69 Å². The normalized spacial score (nSPS) is 18.5. The van der Waals surface area contributed by atoms with E-state index in [2.05, 4.69) is 11.4 Å². The quantitative estimate of drug-likeness (QED) is 0.726. The van der Waals surface area contributed by atoms with Gasteiger partial charge in [-0.05, 0) is 30.9 Å². The van der Waals surface area contributed by atoms with Crippen molar-refractivity contribution in [3.8, 4) is 6.07 Å². The molecule has 0 spiro atoms. The second-order valence-electron chi connectivity index (χ2n) is 7.51. The second kappa shape index (κ2) is 8.87. The molecule has 0 radical (unpaired) electrons. The highest BCUT2D eigenvalue weighted by atomic mass is 16.5. The zero-order valence-electron chi connectivity index (χ0n) is 16.8. The Labute approximate surface area is 165 Å². The van der Waals surface area contributed by atoms with Crippen LogP contribution in [0.2, 0.25) is 0 Å². The lowest BCUT2D eigenvalue weighted by Gasteiger charge is -2.27. The number of nitrogens with zero attached hydrogens (tertiary/aromatic N) is 2. The maximum Gasteiger partial charge on any atom is 0.311 e. The lowest BCUT2D eigenvalue weighted by molar-refractivity contribution is -0.152. The van der Waals surface area contributed by atoms with Gasteiger partial charge in [0.05, 0.1) is 12.0 Å². The molecule has 1 heterocycles. The summed E-state index contributed by atoms with van der Waals surface area (Å²) >= 11 is 0. The Balaban J connectivity index is 1.95. The number of para-hydroxylation sites is 1. The third kappa shape index (κ3) is 4.69. The number of carbonyl (C=O) groups excluding carboxylic acids is 3. The minimum Gasteiger partial charge on any atom is -0.455 e. The molecule has 0 unspecified atom stereocenters. The third-order valence-electron chi connectivity index (χ3n) is 5.25. The molecule has 1 aliphatic rings.